The molecule has 4 rings (SSSR count). The highest BCUT2D eigenvalue weighted by Crippen LogP contribution is 2.21. The largest absolute Gasteiger partial charge is 0.372 e. The quantitative estimate of drug-likeness (QED) is 0.551. The summed E-state index contributed by atoms with van der Waals surface area (Å²) in [5, 5.41) is 7.40. The Labute approximate surface area is 164 Å². The van der Waals surface area contributed by atoms with Crippen molar-refractivity contribution in [1.29, 1.82) is 0 Å². The van der Waals surface area contributed by atoms with Crippen molar-refractivity contribution >= 4 is 17.8 Å². The third-order valence-electron chi connectivity index (χ3n) is 4.24. The second kappa shape index (κ2) is 8.04. The SMILES string of the molecule is CC(C)(C)c1ccc(C=O)cc1.CNc1cn2nc(-n3ccnc3)ccc2n1. The van der Waals surface area contributed by atoms with Gasteiger partial charge in [0.2, 0.25) is 0 Å². The van der Waals surface area contributed by atoms with Crippen LogP contribution in [0.1, 0.15) is 36.7 Å². The fraction of sp³-hybridized carbons (Fsp3) is 0.238. The number of anilines is 1. The molecule has 1 aromatic carbocycles. The molecule has 0 radical (unpaired) electrons. The summed E-state index contributed by atoms with van der Waals surface area (Å²) >= 11 is 0. The van der Waals surface area contributed by atoms with E-state index in [1.165, 1.54) is 5.56 Å². The first-order chi connectivity index (χ1) is 13.4. The van der Waals surface area contributed by atoms with Gasteiger partial charge in [0, 0.05) is 25.0 Å². The molecule has 0 fully saturated rings. The maximum atomic E-state index is 10.4. The van der Waals surface area contributed by atoms with E-state index in [9.17, 15) is 4.79 Å². The number of aldehydes is 1. The molecule has 4 aromatic rings. The van der Waals surface area contributed by atoms with Crippen LogP contribution in [0.3, 0.4) is 0 Å². The predicted molar refractivity (Wildman–Crippen MR) is 110 cm³/mol. The van der Waals surface area contributed by atoms with Gasteiger partial charge in [-0.2, -0.15) is 0 Å². The first-order valence-corrected chi connectivity index (χ1v) is 8.99. The molecule has 7 heteroatoms. The summed E-state index contributed by atoms with van der Waals surface area (Å²) < 4.78 is 3.58. The van der Waals surface area contributed by atoms with Crippen LogP contribution in [-0.4, -0.2) is 37.5 Å². The Balaban J connectivity index is 0.000000169. The minimum absolute atomic E-state index is 0.168. The van der Waals surface area contributed by atoms with Crippen molar-refractivity contribution in [2.45, 2.75) is 26.2 Å². The van der Waals surface area contributed by atoms with Crippen LogP contribution in [-0.2, 0) is 5.41 Å². The van der Waals surface area contributed by atoms with Crippen molar-refractivity contribution in [1.82, 2.24) is 24.1 Å². The van der Waals surface area contributed by atoms with Gasteiger partial charge < -0.3 is 5.32 Å². The predicted octanol–water partition coefficient (Wildman–Crippen LogP) is 3.75. The van der Waals surface area contributed by atoms with Crippen LogP contribution in [0, 0.1) is 0 Å². The van der Waals surface area contributed by atoms with Crippen molar-refractivity contribution < 1.29 is 4.79 Å². The maximum absolute atomic E-state index is 10.4. The average molecular weight is 376 g/mol. The maximum Gasteiger partial charge on any atom is 0.158 e. The minimum atomic E-state index is 0.168. The molecule has 7 nitrogen and oxygen atoms in total. The van der Waals surface area contributed by atoms with Gasteiger partial charge in [-0.05, 0) is 23.1 Å². The summed E-state index contributed by atoms with van der Waals surface area (Å²) in [6, 6.07) is 11.5. The van der Waals surface area contributed by atoms with Crippen molar-refractivity contribution in [3.8, 4) is 5.82 Å². The van der Waals surface area contributed by atoms with E-state index in [-0.39, 0.29) is 5.41 Å². The molecule has 1 N–H and O–H groups in total. The monoisotopic (exact) mass is 376 g/mol. The fourth-order valence-electron chi connectivity index (χ4n) is 2.59. The minimum Gasteiger partial charge on any atom is -0.372 e. The normalized spacial score (nSPS) is 11.0. The molecule has 0 unspecified atom stereocenters. The molecular formula is C21H24N6O. The molecule has 0 atom stereocenters. The van der Waals surface area contributed by atoms with Crippen molar-refractivity contribution in [2.24, 2.45) is 0 Å². The highest BCUT2D eigenvalue weighted by atomic mass is 16.1. The molecule has 3 heterocycles. The third kappa shape index (κ3) is 4.43. The van der Waals surface area contributed by atoms with Crippen molar-refractivity contribution in [3.63, 3.8) is 0 Å². The Morgan fingerprint density at radius 1 is 1.07 bits per heavy atom. The molecule has 0 aliphatic heterocycles. The first kappa shape index (κ1) is 19.3. The van der Waals surface area contributed by atoms with Crippen LogP contribution in [0.5, 0.6) is 0 Å². The van der Waals surface area contributed by atoms with Crippen molar-refractivity contribution in [3.05, 3.63) is 72.4 Å². The zero-order valence-corrected chi connectivity index (χ0v) is 16.5. The number of carbonyl (C=O) groups excluding carboxylic acids is 1. The van der Waals surface area contributed by atoms with Gasteiger partial charge in [0.25, 0.3) is 0 Å². The lowest BCUT2D eigenvalue weighted by Crippen LogP contribution is -2.10. The number of aromatic nitrogens is 5. The molecule has 28 heavy (non-hydrogen) atoms. The Morgan fingerprint density at radius 3 is 2.39 bits per heavy atom. The van der Waals surface area contributed by atoms with E-state index in [1.54, 1.807) is 17.0 Å². The number of hydrogen-bond acceptors (Lipinski definition) is 5. The molecule has 0 bridgehead atoms. The van der Waals surface area contributed by atoms with E-state index in [1.807, 2.05) is 60.4 Å². The lowest BCUT2D eigenvalue weighted by molar-refractivity contribution is 0.112. The van der Waals surface area contributed by atoms with Gasteiger partial charge >= 0.3 is 0 Å². The molecule has 0 aliphatic rings. The molecular weight excluding hydrogens is 352 g/mol. The van der Waals surface area contributed by atoms with Gasteiger partial charge in [0.1, 0.15) is 18.4 Å². The van der Waals surface area contributed by atoms with Crippen LogP contribution < -0.4 is 5.32 Å². The van der Waals surface area contributed by atoms with Crippen LogP contribution in [0.2, 0.25) is 0 Å². The molecule has 0 aliphatic carbocycles. The van der Waals surface area contributed by atoms with E-state index < -0.39 is 0 Å². The van der Waals surface area contributed by atoms with Crippen molar-refractivity contribution in [2.75, 3.05) is 12.4 Å². The summed E-state index contributed by atoms with van der Waals surface area (Å²) in [6.07, 6.45) is 8.00. The number of rotatable bonds is 3. The van der Waals surface area contributed by atoms with Gasteiger partial charge in [0.15, 0.2) is 11.5 Å². The number of benzene rings is 1. The standard InChI is InChI=1S/C11H14O.C10H10N6/c1-11(2,3)10-6-4-9(8-12)5-7-10;1-11-8-6-16-9(13-8)2-3-10(14-16)15-5-4-12-7-15/h4-8H,1-3H3;2-7,11H,1H3. The van der Waals surface area contributed by atoms with E-state index in [0.717, 1.165) is 29.1 Å². The number of fused-ring (bicyclic) bond motifs is 1. The average Bonchev–Trinajstić information content (AvgIpc) is 3.36. The van der Waals surface area contributed by atoms with Gasteiger partial charge in [-0.1, -0.05) is 45.0 Å². The van der Waals surface area contributed by atoms with Gasteiger partial charge in [-0.15, -0.1) is 5.10 Å². The second-order valence-corrected chi connectivity index (χ2v) is 7.33. The summed E-state index contributed by atoms with van der Waals surface area (Å²) in [5.41, 5.74) is 2.98. The van der Waals surface area contributed by atoms with Gasteiger partial charge in [0.05, 0.1) is 6.20 Å². The highest BCUT2D eigenvalue weighted by molar-refractivity contribution is 5.74. The number of hydrogen-bond donors (Lipinski definition) is 1. The van der Waals surface area contributed by atoms with Gasteiger partial charge in [-0.25, -0.2) is 14.5 Å². The summed E-state index contributed by atoms with van der Waals surface area (Å²) in [7, 11) is 1.83. The Hall–Kier alpha value is -3.48. The summed E-state index contributed by atoms with van der Waals surface area (Å²) in [4.78, 5) is 18.7. The zero-order valence-electron chi connectivity index (χ0n) is 16.5. The Kier molecular flexibility index (Phi) is 5.54. The molecule has 0 saturated heterocycles. The van der Waals surface area contributed by atoms with Crippen LogP contribution in [0.25, 0.3) is 11.5 Å². The molecule has 0 saturated carbocycles. The van der Waals surface area contributed by atoms with Crippen LogP contribution in [0.4, 0.5) is 5.82 Å². The van der Waals surface area contributed by atoms with E-state index in [2.05, 4.69) is 41.2 Å². The van der Waals surface area contributed by atoms with E-state index in [0.29, 0.717) is 0 Å². The summed E-state index contributed by atoms with van der Waals surface area (Å²) in [6.45, 7) is 6.47. The second-order valence-electron chi connectivity index (χ2n) is 7.33. The summed E-state index contributed by atoms with van der Waals surface area (Å²) in [5.74, 6) is 1.61. The third-order valence-corrected chi connectivity index (χ3v) is 4.24. The van der Waals surface area contributed by atoms with Crippen LogP contribution in [0.15, 0.2) is 61.3 Å². The molecule has 0 spiro atoms. The first-order valence-electron chi connectivity index (χ1n) is 8.99. The zero-order chi connectivity index (χ0) is 20.1. The van der Waals surface area contributed by atoms with E-state index >= 15 is 0 Å². The number of imidazole rings is 2. The lowest BCUT2D eigenvalue weighted by atomic mass is 9.87. The van der Waals surface area contributed by atoms with Crippen LogP contribution >= 0.6 is 0 Å². The number of nitrogens with zero attached hydrogens (tertiary/aromatic N) is 5. The van der Waals surface area contributed by atoms with Gasteiger partial charge in [-0.3, -0.25) is 9.36 Å². The molecule has 0 amide bonds. The highest BCUT2D eigenvalue weighted by Gasteiger charge is 2.12. The topological polar surface area (TPSA) is 77.1 Å². The number of carbonyl (C=O) groups is 1. The Bertz CT molecular complexity index is 1040. The van der Waals surface area contributed by atoms with E-state index in [4.69, 9.17) is 0 Å². The lowest BCUT2D eigenvalue weighted by Gasteiger charge is -2.18. The smallest absolute Gasteiger partial charge is 0.158 e. The number of nitrogens with one attached hydrogen (secondary N) is 1. The fourth-order valence-corrected chi connectivity index (χ4v) is 2.59. The molecule has 144 valence electrons. The Morgan fingerprint density at radius 2 is 1.82 bits per heavy atom. The molecule has 3 aromatic heterocycles.